The van der Waals surface area contributed by atoms with Crippen LogP contribution >= 0.6 is 0 Å². The summed E-state index contributed by atoms with van der Waals surface area (Å²) in [7, 11) is 0. The van der Waals surface area contributed by atoms with Crippen molar-refractivity contribution in [3.8, 4) is 0 Å². The van der Waals surface area contributed by atoms with Gasteiger partial charge in [0.25, 0.3) is 5.69 Å². The third kappa shape index (κ3) is 3.51. The Morgan fingerprint density at radius 2 is 1.77 bits per heavy atom. The number of piperazine rings is 1. The van der Waals surface area contributed by atoms with Crippen molar-refractivity contribution < 1.29 is 18.1 Å². The fraction of sp³-hybridized carbons (Fsp3) is 0.421. The second-order valence-electron chi connectivity index (χ2n) is 7.71. The topological polar surface area (TPSA) is 92.7 Å². The Bertz CT molecular complexity index is 1150. The molecule has 12 heteroatoms. The molecular weight excluding hydrogens is 415 g/mol. The number of anilines is 2. The number of nitro groups is 1. The van der Waals surface area contributed by atoms with E-state index in [0.29, 0.717) is 49.6 Å². The zero-order valence-corrected chi connectivity index (χ0v) is 16.3. The Morgan fingerprint density at radius 3 is 2.42 bits per heavy atom. The first kappa shape index (κ1) is 19.5. The molecule has 1 aromatic carbocycles. The summed E-state index contributed by atoms with van der Waals surface area (Å²) in [5.41, 5.74) is -0.730. The standard InChI is InChI=1S/C19H18F3N7O2/c20-19(21,22)13-3-4-14(15(11-13)29(30)31)26-7-9-27(10-8-26)17-18-25-24-16(12-1-2-12)28(18)6-5-23-17/h3-6,11-12H,1-2,7-10H2. The molecule has 0 radical (unpaired) electrons. The number of alkyl halides is 3. The van der Waals surface area contributed by atoms with E-state index in [2.05, 4.69) is 15.2 Å². The van der Waals surface area contributed by atoms with Crippen LogP contribution in [0.1, 0.15) is 30.1 Å². The maximum Gasteiger partial charge on any atom is 0.416 e. The largest absolute Gasteiger partial charge is 0.416 e. The fourth-order valence-electron chi connectivity index (χ4n) is 3.95. The second-order valence-corrected chi connectivity index (χ2v) is 7.71. The predicted molar refractivity (Wildman–Crippen MR) is 105 cm³/mol. The lowest BCUT2D eigenvalue weighted by Gasteiger charge is -2.36. The Labute approximate surface area is 174 Å². The van der Waals surface area contributed by atoms with Gasteiger partial charge < -0.3 is 9.80 Å². The van der Waals surface area contributed by atoms with Gasteiger partial charge in [-0.1, -0.05) is 0 Å². The van der Waals surface area contributed by atoms with Crippen LogP contribution < -0.4 is 9.80 Å². The molecule has 9 nitrogen and oxygen atoms in total. The first-order valence-electron chi connectivity index (χ1n) is 9.88. The minimum atomic E-state index is -4.64. The smallest absolute Gasteiger partial charge is 0.362 e. The summed E-state index contributed by atoms with van der Waals surface area (Å²) in [6, 6.07) is 2.65. The van der Waals surface area contributed by atoms with Crippen molar-refractivity contribution in [3.05, 3.63) is 52.1 Å². The first-order chi connectivity index (χ1) is 14.8. The van der Waals surface area contributed by atoms with Crippen LogP contribution in [0.3, 0.4) is 0 Å². The molecular formula is C19H18F3N7O2. The Balaban J connectivity index is 1.38. The highest BCUT2D eigenvalue weighted by molar-refractivity contribution is 5.67. The van der Waals surface area contributed by atoms with Gasteiger partial charge in [0, 0.05) is 50.6 Å². The van der Waals surface area contributed by atoms with Gasteiger partial charge >= 0.3 is 6.18 Å². The van der Waals surface area contributed by atoms with Crippen molar-refractivity contribution in [2.75, 3.05) is 36.0 Å². The van der Waals surface area contributed by atoms with Crippen LogP contribution in [0, 0.1) is 10.1 Å². The van der Waals surface area contributed by atoms with Crippen molar-refractivity contribution in [1.82, 2.24) is 19.6 Å². The highest BCUT2D eigenvalue weighted by atomic mass is 19.4. The van der Waals surface area contributed by atoms with E-state index in [1.165, 1.54) is 6.07 Å². The van der Waals surface area contributed by atoms with E-state index in [1.54, 1.807) is 11.1 Å². The summed E-state index contributed by atoms with van der Waals surface area (Å²) in [6.45, 7) is 1.80. The molecule has 1 saturated heterocycles. The summed E-state index contributed by atoms with van der Waals surface area (Å²) in [6.07, 6.45) is 1.11. The number of hydrogen-bond donors (Lipinski definition) is 0. The molecule has 5 rings (SSSR count). The number of nitro benzene ring substituents is 1. The monoisotopic (exact) mass is 433 g/mol. The maximum atomic E-state index is 13.0. The Morgan fingerprint density at radius 1 is 1.06 bits per heavy atom. The first-order valence-corrected chi connectivity index (χ1v) is 9.88. The molecule has 1 aliphatic carbocycles. The van der Waals surface area contributed by atoms with Crippen LogP contribution in [-0.4, -0.2) is 50.7 Å². The van der Waals surface area contributed by atoms with Gasteiger partial charge in [0.2, 0.25) is 5.65 Å². The summed E-state index contributed by atoms with van der Waals surface area (Å²) in [5, 5.41) is 20.0. The van der Waals surface area contributed by atoms with Crippen molar-refractivity contribution in [2.45, 2.75) is 24.9 Å². The van der Waals surface area contributed by atoms with Gasteiger partial charge in [-0.05, 0) is 25.0 Å². The van der Waals surface area contributed by atoms with Gasteiger partial charge in [-0.3, -0.25) is 14.5 Å². The molecule has 2 fully saturated rings. The lowest BCUT2D eigenvalue weighted by atomic mass is 10.1. The number of nitrogens with zero attached hydrogens (tertiary/aromatic N) is 7. The van der Waals surface area contributed by atoms with Gasteiger partial charge in [-0.2, -0.15) is 13.2 Å². The third-order valence-electron chi connectivity index (χ3n) is 5.70. The molecule has 2 aromatic heterocycles. The van der Waals surface area contributed by atoms with Gasteiger partial charge in [-0.15, -0.1) is 10.2 Å². The average molecular weight is 433 g/mol. The third-order valence-corrected chi connectivity index (χ3v) is 5.70. The molecule has 3 heterocycles. The van der Waals surface area contributed by atoms with E-state index in [1.807, 2.05) is 15.5 Å². The lowest BCUT2D eigenvalue weighted by molar-refractivity contribution is -0.384. The fourth-order valence-corrected chi connectivity index (χ4v) is 3.95. The predicted octanol–water partition coefficient (Wildman–Crippen LogP) is 3.26. The number of halogens is 3. The molecule has 31 heavy (non-hydrogen) atoms. The van der Waals surface area contributed by atoms with Crippen LogP contribution in [0.15, 0.2) is 30.6 Å². The Hall–Kier alpha value is -3.44. The number of benzene rings is 1. The molecule has 0 spiro atoms. The molecule has 1 saturated carbocycles. The highest BCUT2D eigenvalue weighted by Gasteiger charge is 2.35. The average Bonchev–Trinajstić information content (AvgIpc) is 3.51. The minimum Gasteiger partial charge on any atom is -0.362 e. The van der Waals surface area contributed by atoms with Crippen LogP contribution in [0.2, 0.25) is 0 Å². The summed E-state index contributed by atoms with van der Waals surface area (Å²) in [5.74, 6) is 2.04. The van der Waals surface area contributed by atoms with Crippen LogP contribution in [0.5, 0.6) is 0 Å². The van der Waals surface area contributed by atoms with Crippen LogP contribution in [0.25, 0.3) is 5.65 Å². The maximum absolute atomic E-state index is 13.0. The minimum absolute atomic E-state index is 0.183. The zero-order valence-electron chi connectivity index (χ0n) is 16.3. The zero-order chi connectivity index (χ0) is 21.8. The van der Waals surface area contributed by atoms with Gasteiger partial charge in [-0.25, -0.2) is 4.98 Å². The molecule has 162 valence electrons. The van der Waals surface area contributed by atoms with E-state index in [-0.39, 0.29) is 5.69 Å². The molecule has 0 amide bonds. The number of fused-ring (bicyclic) bond motifs is 1. The van der Waals surface area contributed by atoms with Crippen molar-refractivity contribution in [1.29, 1.82) is 0 Å². The quantitative estimate of drug-likeness (QED) is 0.461. The van der Waals surface area contributed by atoms with Gasteiger partial charge in [0.05, 0.1) is 10.5 Å². The van der Waals surface area contributed by atoms with Crippen LogP contribution in [0.4, 0.5) is 30.4 Å². The van der Waals surface area contributed by atoms with E-state index < -0.39 is 22.4 Å². The van der Waals surface area contributed by atoms with E-state index >= 15 is 0 Å². The van der Waals surface area contributed by atoms with Gasteiger partial charge in [0.15, 0.2) is 5.82 Å². The highest BCUT2D eigenvalue weighted by Crippen LogP contribution is 2.40. The number of hydrogen-bond acceptors (Lipinski definition) is 7. The summed E-state index contributed by atoms with van der Waals surface area (Å²) >= 11 is 0. The molecule has 0 atom stereocenters. The van der Waals surface area contributed by atoms with E-state index in [4.69, 9.17) is 0 Å². The molecule has 3 aromatic rings. The normalized spacial score (nSPS) is 17.4. The van der Waals surface area contributed by atoms with Crippen molar-refractivity contribution in [2.24, 2.45) is 0 Å². The molecule has 0 N–H and O–H groups in total. The second kappa shape index (κ2) is 7.06. The van der Waals surface area contributed by atoms with E-state index in [0.717, 1.165) is 24.7 Å². The number of aromatic nitrogens is 4. The molecule has 0 unspecified atom stereocenters. The summed E-state index contributed by atoms with van der Waals surface area (Å²) in [4.78, 5) is 18.9. The SMILES string of the molecule is O=[N+]([O-])c1cc(C(F)(F)F)ccc1N1CCN(c2nccn3c(C4CC4)nnc23)CC1. The molecule has 1 aliphatic heterocycles. The van der Waals surface area contributed by atoms with Crippen molar-refractivity contribution >= 4 is 22.8 Å². The van der Waals surface area contributed by atoms with Gasteiger partial charge in [0.1, 0.15) is 11.5 Å². The lowest BCUT2D eigenvalue weighted by Crippen LogP contribution is -2.47. The van der Waals surface area contributed by atoms with Crippen LogP contribution in [-0.2, 0) is 6.18 Å². The summed E-state index contributed by atoms with van der Waals surface area (Å²) < 4.78 is 40.8. The number of rotatable bonds is 4. The van der Waals surface area contributed by atoms with Crippen molar-refractivity contribution in [3.63, 3.8) is 0 Å². The van der Waals surface area contributed by atoms with E-state index in [9.17, 15) is 23.3 Å². The Kier molecular flexibility index (Phi) is 4.45. The molecule has 0 bridgehead atoms. The molecule has 2 aliphatic rings.